The van der Waals surface area contributed by atoms with Crippen LogP contribution in [-0.2, 0) is 21.4 Å². The van der Waals surface area contributed by atoms with Gasteiger partial charge in [0.15, 0.2) is 0 Å². The second kappa shape index (κ2) is 9.21. The van der Waals surface area contributed by atoms with Gasteiger partial charge in [0.2, 0.25) is 15.9 Å². The molecule has 0 aliphatic rings. The van der Waals surface area contributed by atoms with E-state index in [1.54, 1.807) is 36.0 Å². The molecule has 2 rings (SSSR count). The molecule has 0 saturated heterocycles. The minimum Gasteiger partial charge on any atom is -0.352 e. The van der Waals surface area contributed by atoms with E-state index in [0.717, 1.165) is 4.90 Å². The van der Waals surface area contributed by atoms with Crippen molar-refractivity contribution in [1.29, 1.82) is 0 Å². The summed E-state index contributed by atoms with van der Waals surface area (Å²) in [4.78, 5) is 13.4. The van der Waals surface area contributed by atoms with E-state index in [2.05, 4.69) is 5.32 Å². The number of carbonyl (C=O) groups is 1. The first-order chi connectivity index (χ1) is 12.3. The molecule has 0 radical (unpaired) electrons. The SMILES string of the molecule is Cc1ccc(SCCC(=O)NCc2ccccc2S(=O)(=O)N(C)C)cc1. The van der Waals surface area contributed by atoms with Gasteiger partial charge in [-0.15, -0.1) is 11.8 Å². The zero-order chi connectivity index (χ0) is 19.2. The van der Waals surface area contributed by atoms with Gasteiger partial charge in [-0.3, -0.25) is 4.79 Å². The normalized spacial score (nSPS) is 11.5. The summed E-state index contributed by atoms with van der Waals surface area (Å²) in [6, 6.07) is 14.9. The van der Waals surface area contributed by atoms with Crippen molar-refractivity contribution < 1.29 is 13.2 Å². The molecule has 0 fully saturated rings. The molecule has 2 aromatic carbocycles. The van der Waals surface area contributed by atoms with Crippen LogP contribution in [0.25, 0.3) is 0 Å². The molecule has 0 spiro atoms. The van der Waals surface area contributed by atoms with E-state index in [1.165, 1.54) is 24.0 Å². The predicted octanol–water partition coefficient (Wildman–Crippen LogP) is 3.04. The van der Waals surface area contributed by atoms with Crippen LogP contribution in [-0.4, -0.2) is 38.5 Å². The van der Waals surface area contributed by atoms with Gasteiger partial charge in [0.1, 0.15) is 0 Å². The third-order valence-corrected chi connectivity index (χ3v) is 6.76. The molecule has 7 heteroatoms. The van der Waals surface area contributed by atoms with Gasteiger partial charge in [-0.1, -0.05) is 35.9 Å². The van der Waals surface area contributed by atoms with Crippen LogP contribution in [0.15, 0.2) is 58.3 Å². The van der Waals surface area contributed by atoms with Crippen LogP contribution >= 0.6 is 11.8 Å². The van der Waals surface area contributed by atoms with Gasteiger partial charge < -0.3 is 5.32 Å². The standard InChI is InChI=1S/C19H24N2O3S2/c1-15-8-10-17(11-9-15)25-13-12-19(22)20-14-16-6-4-5-7-18(16)26(23,24)21(2)3/h4-11H,12-14H2,1-3H3,(H,20,22). The average molecular weight is 393 g/mol. The molecule has 0 unspecified atom stereocenters. The minimum absolute atomic E-state index is 0.0957. The van der Waals surface area contributed by atoms with Gasteiger partial charge in [-0.05, 0) is 30.7 Å². The number of nitrogens with zero attached hydrogens (tertiary/aromatic N) is 1. The molecule has 1 N–H and O–H groups in total. The number of carbonyl (C=O) groups excluding carboxylic acids is 1. The fourth-order valence-electron chi connectivity index (χ4n) is 2.28. The highest BCUT2D eigenvalue weighted by atomic mass is 32.2. The number of nitrogens with one attached hydrogen (secondary N) is 1. The Balaban J connectivity index is 1.89. The number of thioether (sulfide) groups is 1. The van der Waals surface area contributed by atoms with E-state index < -0.39 is 10.0 Å². The lowest BCUT2D eigenvalue weighted by Crippen LogP contribution is -2.27. The Morgan fingerprint density at radius 1 is 1.08 bits per heavy atom. The summed E-state index contributed by atoms with van der Waals surface area (Å²) in [5.74, 6) is 0.577. The van der Waals surface area contributed by atoms with Crippen LogP contribution in [0, 0.1) is 6.92 Å². The van der Waals surface area contributed by atoms with Crippen molar-refractivity contribution >= 4 is 27.7 Å². The van der Waals surface area contributed by atoms with E-state index in [-0.39, 0.29) is 17.3 Å². The molecule has 26 heavy (non-hydrogen) atoms. The largest absolute Gasteiger partial charge is 0.352 e. The summed E-state index contributed by atoms with van der Waals surface area (Å²) in [6.45, 7) is 2.23. The maximum absolute atomic E-state index is 12.4. The lowest BCUT2D eigenvalue weighted by molar-refractivity contribution is -0.120. The van der Waals surface area contributed by atoms with Crippen LogP contribution in [0.1, 0.15) is 17.5 Å². The summed E-state index contributed by atoms with van der Waals surface area (Å²) in [6.07, 6.45) is 0.376. The minimum atomic E-state index is -3.53. The van der Waals surface area contributed by atoms with E-state index in [1.807, 2.05) is 31.2 Å². The molecular formula is C19H24N2O3S2. The summed E-state index contributed by atoms with van der Waals surface area (Å²) in [5, 5.41) is 2.81. The third-order valence-electron chi connectivity index (χ3n) is 3.83. The lowest BCUT2D eigenvalue weighted by atomic mass is 10.2. The van der Waals surface area contributed by atoms with E-state index in [4.69, 9.17) is 0 Å². The number of amides is 1. The molecule has 0 bridgehead atoms. The molecule has 0 saturated carbocycles. The van der Waals surface area contributed by atoms with Crippen LogP contribution < -0.4 is 5.32 Å². The quantitative estimate of drug-likeness (QED) is 0.701. The fraction of sp³-hybridized carbons (Fsp3) is 0.316. The number of sulfonamides is 1. The molecule has 0 aromatic heterocycles. The van der Waals surface area contributed by atoms with Crippen LogP contribution in [0.5, 0.6) is 0 Å². The van der Waals surface area contributed by atoms with Gasteiger partial charge in [-0.25, -0.2) is 12.7 Å². The van der Waals surface area contributed by atoms with Crippen molar-refractivity contribution in [3.05, 3.63) is 59.7 Å². The maximum Gasteiger partial charge on any atom is 0.242 e. The van der Waals surface area contributed by atoms with E-state index >= 15 is 0 Å². The second-order valence-electron chi connectivity index (χ2n) is 6.08. The number of hydrogen-bond acceptors (Lipinski definition) is 4. The van der Waals surface area contributed by atoms with Crippen molar-refractivity contribution in [2.45, 2.75) is 29.7 Å². The van der Waals surface area contributed by atoms with Gasteiger partial charge in [-0.2, -0.15) is 0 Å². The Bertz CT molecular complexity index is 847. The lowest BCUT2D eigenvalue weighted by Gasteiger charge is -2.15. The zero-order valence-electron chi connectivity index (χ0n) is 15.2. The monoisotopic (exact) mass is 392 g/mol. The first kappa shape index (κ1) is 20.5. The molecule has 2 aromatic rings. The zero-order valence-corrected chi connectivity index (χ0v) is 16.9. The molecule has 0 atom stereocenters. The molecular weight excluding hydrogens is 368 g/mol. The third kappa shape index (κ3) is 5.59. The molecule has 1 amide bonds. The van der Waals surface area contributed by atoms with Crippen LogP contribution in [0.2, 0.25) is 0 Å². The van der Waals surface area contributed by atoms with Gasteiger partial charge in [0.25, 0.3) is 0 Å². The van der Waals surface area contributed by atoms with Gasteiger partial charge in [0, 0.05) is 37.7 Å². The molecule has 0 heterocycles. The number of aryl methyl sites for hydroxylation is 1. The van der Waals surface area contributed by atoms with Crippen LogP contribution in [0.4, 0.5) is 0 Å². The number of rotatable bonds is 8. The van der Waals surface area contributed by atoms with Crippen molar-refractivity contribution in [1.82, 2.24) is 9.62 Å². The Kier molecular flexibility index (Phi) is 7.25. The van der Waals surface area contributed by atoms with Crippen molar-refractivity contribution in [2.24, 2.45) is 0 Å². The fourth-order valence-corrected chi connectivity index (χ4v) is 4.24. The number of hydrogen-bond donors (Lipinski definition) is 1. The maximum atomic E-state index is 12.4. The first-order valence-electron chi connectivity index (χ1n) is 8.27. The van der Waals surface area contributed by atoms with E-state index in [0.29, 0.717) is 17.7 Å². The highest BCUT2D eigenvalue weighted by Crippen LogP contribution is 2.20. The topological polar surface area (TPSA) is 66.5 Å². The van der Waals surface area contributed by atoms with Crippen LogP contribution in [0.3, 0.4) is 0 Å². The van der Waals surface area contributed by atoms with Crippen molar-refractivity contribution in [3.8, 4) is 0 Å². The van der Waals surface area contributed by atoms with E-state index in [9.17, 15) is 13.2 Å². The Morgan fingerprint density at radius 3 is 2.38 bits per heavy atom. The highest BCUT2D eigenvalue weighted by molar-refractivity contribution is 7.99. The first-order valence-corrected chi connectivity index (χ1v) is 10.7. The second-order valence-corrected chi connectivity index (χ2v) is 9.37. The molecule has 0 aliphatic carbocycles. The summed E-state index contributed by atoms with van der Waals surface area (Å²) in [5.41, 5.74) is 1.79. The Hall–Kier alpha value is -1.83. The number of benzene rings is 2. The summed E-state index contributed by atoms with van der Waals surface area (Å²) < 4.78 is 25.9. The highest BCUT2D eigenvalue weighted by Gasteiger charge is 2.20. The Labute approximate surface area is 159 Å². The molecule has 5 nitrogen and oxygen atoms in total. The van der Waals surface area contributed by atoms with Crippen molar-refractivity contribution in [2.75, 3.05) is 19.8 Å². The molecule has 0 aliphatic heterocycles. The van der Waals surface area contributed by atoms with Crippen molar-refractivity contribution in [3.63, 3.8) is 0 Å². The summed E-state index contributed by atoms with van der Waals surface area (Å²) >= 11 is 1.63. The van der Waals surface area contributed by atoms with Gasteiger partial charge >= 0.3 is 0 Å². The predicted molar refractivity (Wildman–Crippen MR) is 106 cm³/mol. The average Bonchev–Trinajstić information content (AvgIpc) is 2.61. The summed E-state index contributed by atoms with van der Waals surface area (Å²) in [7, 11) is -0.548. The van der Waals surface area contributed by atoms with Gasteiger partial charge in [0.05, 0.1) is 4.90 Å². The Morgan fingerprint density at radius 2 is 1.73 bits per heavy atom. The smallest absolute Gasteiger partial charge is 0.242 e. The molecule has 140 valence electrons.